The van der Waals surface area contributed by atoms with E-state index in [-0.39, 0.29) is 12.6 Å². The Hall–Kier alpha value is -2.93. The highest BCUT2D eigenvalue weighted by Gasteiger charge is 2.22. The van der Waals surface area contributed by atoms with Crippen molar-refractivity contribution in [3.8, 4) is 23.0 Å². The van der Waals surface area contributed by atoms with Gasteiger partial charge < -0.3 is 23.9 Å². The van der Waals surface area contributed by atoms with Crippen molar-refractivity contribution < 1.29 is 23.4 Å². The number of hydrogen-bond acceptors (Lipinski definition) is 6. The lowest BCUT2D eigenvalue weighted by Gasteiger charge is -2.22. The quantitative estimate of drug-likeness (QED) is 0.418. The molecule has 1 fully saturated rings. The van der Waals surface area contributed by atoms with Gasteiger partial charge >= 0.3 is 6.09 Å². The van der Waals surface area contributed by atoms with E-state index in [1.807, 2.05) is 52.0 Å². The van der Waals surface area contributed by atoms with Gasteiger partial charge in [-0.05, 0) is 76.8 Å². The summed E-state index contributed by atoms with van der Waals surface area (Å²) in [6.07, 6.45) is 1.98. The van der Waals surface area contributed by atoms with Gasteiger partial charge in [-0.15, -0.1) is 0 Å². The third-order valence-corrected chi connectivity index (χ3v) is 5.27. The fraction of sp³-hybridized carbons (Fsp3) is 0.440. The number of benzene rings is 2. The van der Waals surface area contributed by atoms with Gasteiger partial charge in [-0.25, -0.2) is 9.78 Å². The molecular weight excluding hydrogens is 444 g/mol. The number of alkyl carbamates (subject to hydrolysis) is 1. The lowest BCUT2D eigenvalue weighted by atomic mass is 10.2. The Morgan fingerprint density at radius 2 is 2.00 bits per heavy atom. The molecule has 1 heterocycles. The molecule has 176 valence electrons. The summed E-state index contributed by atoms with van der Waals surface area (Å²) in [4.78, 5) is 16.4. The molecule has 1 atom stereocenters. The zero-order chi connectivity index (χ0) is 23.6. The summed E-state index contributed by atoms with van der Waals surface area (Å²) in [5.41, 5.74) is 1.53. The van der Waals surface area contributed by atoms with E-state index in [4.69, 9.17) is 30.2 Å². The first kappa shape index (κ1) is 23.2. The second-order valence-electron chi connectivity index (χ2n) is 9.41. The standard InChI is InChI=1S/C25H29ClN2O5/c1-15(27-24(29)33-25(2,3)4)13-30-18-8-9-20-22(12-18)32-23(28-20)17-7-10-21(19(26)11-17)31-14-16-5-6-16/h7-12,15-16H,5-6,13-14H2,1-4H3,(H,27,29)/t15-/m0/s1. The van der Waals surface area contributed by atoms with Crippen molar-refractivity contribution in [1.82, 2.24) is 10.3 Å². The Bertz CT molecular complexity index is 1130. The molecule has 0 aliphatic heterocycles. The molecule has 1 amide bonds. The van der Waals surface area contributed by atoms with Gasteiger partial charge in [0.15, 0.2) is 5.58 Å². The van der Waals surface area contributed by atoms with Crippen LogP contribution < -0.4 is 14.8 Å². The highest BCUT2D eigenvalue weighted by molar-refractivity contribution is 6.32. The average molecular weight is 473 g/mol. The van der Waals surface area contributed by atoms with Crippen LogP contribution in [0.3, 0.4) is 0 Å². The van der Waals surface area contributed by atoms with Crippen LogP contribution in [0, 0.1) is 5.92 Å². The van der Waals surface area contributed by atoms with Gasteiger partial charge in [-0.2, -0.15) is 0 Å². The van der Waals surface area contributed by atoms with Crippen molar-refractivity contribution >= 4 is 28.8 Å². The summed E-state index contributed by atoms with van der Waals surface area (Å²) in [7, 11) is 0. The number of amides is 1. The summed E-state index contributed by atoms with van der Waals surface area (Å²) < 4.78 is 22.8. The molecule has 33 heavy (non-hydrogen) atoms. The zero-order valence-corrected chi connectivity index (χ0v) is 20.1. The maximum atomic E-state index is 11.9. The SMILES string of the molecule is C[C@@H](COc1ccc2nc(-c3ccc(OCC4CC4)c(Cl)c3)oc2c1)NC(=O)OC(C)(C)C. The molecule has 7 nitrogen and oxygen atoms in total. The predicted octanol–water partition coefficient (Wildman–Crippen LogP) is 6.23. The number of carbonyl (C=O) groups is 1. The summed E-state index contributed by atoms with van der Waals surface area (Å²) in [6.45, 7) is 8.29. The van der Waals surface area contributed by atoms with Crippen molar-refractivity contribution in [2.45, 2.75) is 52.2 Å². The van der Waals surface area contributed by atoms with Crippen LogP contribution in [-0.2, 0) is 4.74 Å². The first-order valence-corrected chi connectivity index (χ1v) is 11.5. The molecule has 1 aliphatic carbocycles. The smallest absolute Gasteiger partial charge is 0.407 e. The zero-order valence-electron chi connectivity index (χ0n) is 19.3. The Balaban J connectivity index is 1.38. The first-order chi connectivity index (χ1) is 15.7. The molecular formula is C25H29ClN2O5. The maximum Gasteiger partial charge on any atom is 0.407 e. The van der Waals surface area contributed by atoms with Crippen molar-refractivity contribution in [3.63, 3.8) is 0 Å². The van der Waals surface area contributed by atoms with Crippen LogP contribution in [0.25, 0.3) is 22.6 Å². The van der Waals surface area contributed by atoms with Gasteiger partial charge in [-0.3, -0.25) is 0 Å². The normalized spacial score (nSPS) is 14.7. The number of rotatable bonds is 8. The Morgan fingerprint density at radius 1 is 1.21 bits per heavy atom. The van der Waals surface area contributed by atoms with Crippen molar-refractivity contribution in [1.29, 1.82) is 0 Å². The Kier molecular flexibility index (Phi) is 6.70. The molecule has 0 saturated heterocycles. The van der Waals surface area contributed by atoms with E-state index in [0.717, 1.165) is 5.56 Å². The highest BCUT2D eigenvalue weighted by atomic mass is 35.5. The molecule has 1 aromatic heterocycles. The van der Waals surface area contributed by atoms with Crippen LogP contribution in [-0.4, -0.2) is 35.9 Å². The van der Waals surface area contributed by atoms with Gasteiger partial charge in [0.25, 0.3) is 0 Å². The van der Waals surface area contributed by atoms with E-state index < -0.39 is 11.7 Å². The third-order valence-electron chi connectivity index (χ3n) is 4.97. The van der Waals surface area contributed by atoms with Crippen LogP contribution in [0.4, 0.5) is 4.79 Å². The van der Waals surface area contributed by atoms with E-state index >= 15 is 0 Å². The monoisotopic (exact) mass is 472 g/mol. The summed E-state index contributed by atoms with van der Waals surface area (Å²) in [5.74, 6) is 2.42. The molecule has 0 unspecified atom stereocenters. The number of halogens is 1. The molecule has 0 bridgehead atoms. The van der Waals surface area contributed by atoms with E-state index in [2.05, 4.69) is 10.3 Å². The predicted molar refractivity (Wildman–Crippen MR) is 127 cm³/mol. The highest BCUT2D eigenvalue weighted by Crippen LogP contribution is 2.35. The number of fused-ring (bicyclic) bond motifs is 1. The van der Waals surface area contributed by atoms with Crippen LogP contribution >= 0.6 is 11.6 Å². The number of hydrogen-bond donors (Lipinski definition) is 1. The molecule has 3 aromatic rings. The van der Waals surface area contributed by atoms with Crippen LogP contribution in [0.5, 0.6) is 11.5 Å². The molecule has 1 N–H and O–H groups in total. The minimum absolute atomic E-state index is 0.233. The van der Waals surface area contributed by atoms with Crippen molar-refractivity contribution in [2.75, 3.05) is 13.2 Å². The van der Waals surface area contributed by atoms with E-state index in [1.54, 1.807) is 12.1 Å². The minimum atomic E-state index is -0.548. The molecule has 1 saturated carbocycles. The fourth-order valence-electron chi connectivity index (χ4n) is 3.13. The summed E-state index contributed by atoms with van der Waals surface area (Å²) in [6, 6.07) is 10.7. The molecule has 4 rings (SSSR count). The lowest BCUT2D eigenvalue weighted by Crippen LogP contribution is -2.40. The molecule has 0 spiro atoms. The van der Waals surface area contributed by atoms with E-state index in [1.165, 1.54) is 12.8 Å². The van der Waals surface area contributed by atoms with E-state index in [0.29, 0.717) is 46.0 Å². The van der Waals surface area contributed by atoms with Crippen LogP contribution in [0.15, 0.2) is 40.8 Å². The van der Waals surface area contributed by atoms with Gasteiger partial charge in [-0.1, -0.05) is 11.6 Å². The Morgan fingerprint density at radius 3 is 2.70 bits per heavy atom. The van der Waals surface area contributed by atoms with E-state index in [9.17, 15) is 4.79 Å². The van der Waals surface area contributed by atoms with Gasteiger partial charge in [0.05, 0.1) is 17.7 Å². The third kappa shape index (κ3) is 6.54. The average Bonchev–Trinajstić information content (AvgIpc) is 3.46. The Labute approximate surface area is 198 Å². The van der Waals surface area contributed by atoms with Crippen LogP contribution in [0.2, 0.25) is 5.02 Å². The van der Waals surface area contributed by atoms with Crippen molar-refractivity contribution in [3.05, 3.63) is 41.4 Å². The second-order valence-corrected chi connectivity index (χ2v) is 9.81. The fourth-order valence-corrected chi connectivity index (χ4v) is 3.37. The topological polar surface area (TPSA) is 82.8 Å². The number of ether oxygens (including phenoxy) is 3. The molecule has 2 aromatic carbocycles. The largest absolute Gasteiger partial charge is 0.492 e. The van der Waals surface area contributed by atoms with Gasteiger partial charge in [0, 0.05) is 11.6 Å². The number of nitrogens with one attached hydrogen (secondary N) is 1. The first-order valence-electron chi connectivity index (χ1n) is 11.1. The summed E-state index contributed by atoms with van der Waals surface area (Å²) >= 11 is 6.40. The van der Waals surface area contributed by atoms with Crippen LogP contribution in [0.1, 0.15) is 40.5 Å². The number of oxazole rings is 1. The minimum Gasteiger partial charge on any atom is -0.492 e. The molecule has 0 radical (unpaired) electrons. The maximum absolute atomic E-state index is 11.9. The van der Waals surface area contributed by atoms with Crippen molar-refractivity contribution in [2.24, 2.45) is 5.92 Å². The number of nitrogens with zero attached hydrogens (tertiary/aromatic N) is 1. The second kappa shape index (κ2) is 9.51. The number of carbonyl (C=O) groups excluding carboxylic acids is 1. The molecule has 8 heteroatoms. The van der Waals surface area contributed by atoms with Gasteiger partial charge in [0.1, 0.15) is 29.2 Å². The lowest BCUT2D eigenvalue weighted by molar-refractivity contribution is 0.0494. The molecule has 1 aliphatic rings. The number of aromatic nitrogens is 1. The van der Waals surface area contributed by atoms with Gasteiger partial charge in [0.2, 0.25) is 5.89 Å². The summed E-state index contributed by atoms with van der Waals surface area (Å²) in [5, 5.41) is 3.29.